The van der Waals surface area contributed by atoms with Crippen LogP contribution < -0.4 is 15.2 Å². The van der Waals surface area contributed by atoms with Crippen LogP contribution in [0.1, 0.15) is 0 Å². The van der Waals surface area contributed by atoms with E-state index in [1.54, 1.807) is 37.7 Å². The Morgan fingerprint density at radius 3 is 2.53 bits per heavy atom. The Hall–Kier alpha value is -1.57. The minimum absolute atomic E-state index is 0.272. The molecule has 88 valence electrons. The van der Waals surface area contributed by atoms with Crippen molar-refractivity contribution in [2.75, 3.05) is 12.8 Å². The highest BCUT2D eigenvalue weighted by Gasteiger charge is 2.07. The van der Waals surface area contributed by atoms with Crippen molar-refractivity contribution in [1.82, 2.24) is 9.97 Å². The van der Waals surface area contributed by atoms with Gasteiger partial charge in [0, 0.05) is 27.7 Å². The van der Waals surface area contributed by atoms with E-state index in [2.05, 4.69) is 32.6 Å². The van der Waals surface area contributed by atoms with Crippen LogP contribution in [0.15, 0.2) is 30.6 Å². The van der Waals surface area contributed by atoms with Crippen molar-refractivity contribution >= 4 is 28.3 Å². The molecule has 0 amide bonds. The van der Waals surface area contributed by atoms with Crippen LogP contribution in [-0.2, 0) is 0 Å². The molecule has 1 aromatic carbocycles. The highest BCUT2D eigenvalue weighted by Crippen LogP contribution is 2.31. The van der Waals surface area contributed by atoms with Crippen molar-refractivity contribution in [3.63, 3.8) is 0 Å². The van der Waals surface area contributed by atoms with Gasteiger partial charge in [0.1, 0.15) is 0 Å². The third-order valence-electron chi connectivity index (χ3n) is 1.99. The molecule has 0 unspecified atom stereocenters. The lowest BCUT2D eigenvalue weighted by atomic mass is 10.3. The third kappa shape index (κ3) is 2.96. The summed E-state index contributed by atoms with van der Waals surface area (Å²) in [5, 5.41) is 0. The van der Waals surface area contributed by atoms with E-state index in [9.17, 15) is 0 Å². The molecule has 0 radical (unpaired) electrons. The van der Waals surface area contributed by atoms with Crippen molar-refractivity contribution in [3.05, 3.63) is 34.2 Å². The van der Waals surface area contributed by atoms with E-state index in [0.29, 0.717) is 17.2 Å². The topological polar surface area (TPSA) is 70.3 Å². The molecule has 2 rings (SSSR count). The van der Waals surface area contributed by atoms with E-state index in [4.69, 9.17) is 15.2 Å². The van der Waals surface area contributed by atoms with Crippen LogP contribution in [0.3, 0.4) is 0 Å². The fraction of sp³-hybridized carbons (Fsp3) is 0.0909. The molecule has 0 aliphatic carbocycles. The Bertz CT molecular complexity index is 517. The van der Waals surface area contributed by atoms with Gasteiger partial charge < -0.3 is 15.2 Å². The Balaban J connectivity index is 2.26. The summed E-state index contributed by atoms with van der Waals surface area (Å²) < 4.78 is 11.6. The first kappa shape index (κ1) is 11.9. The van der Waals surface area contributed by atoms with Gasteiger partial charge in [0.05, 0.1) is 7.11 Å². The molecule has 0 bridgehead atoms. The van der Waals surface area contributed by atoms with Crippen molar-refractivity contribution < 1.29 is 9.47 Å². The second kappa shape index (κ2) is 5.17. The molecule has 0 aliphatic rings. The highest BCUT2D eigenvalue weighted by molar-refractivity contribution is 14.1. The molecule has 5 nitrogen and oxygen atoms in total. The number of rotatable bonds is 3. The SMILES string of the molecule is COc1cc(N)ccc1Oc1ncc(I)cn1. The first-order chi connectivity index (χ1) is 8.19. The molecular formula is C11H10IN3O2. The maximum atomic E-state index is 5.65. The monoisotopic (exact) mass is 343 g/mol. The van der Waals surface area contributed by atoms with Crippen LogP contribution in [-0.4, -0.2) is 17.1 Å². The quantitative estimate of drug-likeness (QED) is 0.685. The summed E-state index contributed by atoms with van der Waals surface area (Å²) in [6, 6.07) is 5.40. The largest absolute Gasteiger partial charge is 0.493 e. The summed E-state index contributed by atoms with van der Waals surface area (Å²) in [5.74, 6) is 1.08. The number of aromatic nitrogens is 2. The number of hydrogen-bond acceptors (Lipinski definition) is 5. The number of methoxy groups -OCH3 is 1. The van der Waals surface area contributed by atoms with Gasteiger partial charge in [-0.05, 0) is 34.7 Å². The van der Waals surface area contributed by atoms with Gasteiger partial charge in [0.15, 0.2) is 11.5 Å². The van der Waals surface area contributed by atoms with E-state index in [-0.39, 0.29) is 6.01 Å². The Kier molecular flexibility index (Phi) is 3.62. The first-order valence-corrected chi connectivity index (χ1v) is 5.86. The van der Waals surface area contributed by atoms with Gasteiger partial charge in [-0.25, -0.2) is 9.97 Å². The number of anilines is 1. The van der Waals surface area contributed by atoms with Gasteiger partial charge >= 0.3 is 6.01 Å². The smallest absolute Gasteiger partial charge is 0.322 e. The van der Waals surface area contributed by atoms with E-state index in [0.717, 1.165) is 3.57 Å². The Labute approximate surface area is 112 Å². The van der Waals surface area contributed by atoms with Crippen molar-refractivity contribution in [2.45, 2.75) is 0 Å². The van der Waals surface area contributed by atoms with Gasteiger partial charge in [-0.3, -0.25) is 0 Å². The van der Waals surface area contributed by atoms with Crippen LogP contribution >= 0.6 is 22.6 Å². The summed E-state index contributed by atoms with van der Waals surface area (Å²) in [5.41, 5.74) is 6.26. The molecule has 0 atom stereocenters. The minimum atomic E-state index is 0.272. The van der Waals surface area contributed by atoms with Crippen LogP contribution in [0, 0.1) is 3.57 Å². The molecule has 1 aromatic heterocycles. The van der Waals surface area contributed by atoms with Gasteiger partial charge in [-0.1, -0.05) is 0 Å². The Morgan fingerprint density at radius 1 is 1.18 bits per heavy atom. The van der Waals surface area contributed by atoms with Gasteiger partial charge in [-0.15, -0.1) is 0 Å². The lowest BCUT2D eigenvalue weighted by Crippen LogP contribution is -1.95. The number of benzene rings is 1. The van der Waals surface area contributed by atoms with Gasteiger partial charge in [0.2, 0.25) is 0 Å². The second-order valence-electron chi connectivity index (χ2n) is 3.20. The van der Waals surface area contributed by atoms with Gasteiger partial charge in [-0.2, -0.15) is 0 Å². The van der Waals surface area contributed by atoms with Gasteiger partial charge in [0.25, 0.3) is 0 Å². The fourth-order valence-electron chi connectivity index (χ4n) is 1.22. The average Bonchev–Trinajstić information content (AvgIpc) is 2.34. The number of hydrogen-bond donors (Lipinski definition) is 1. The zero-order valence-corrected chi connectivity index (χ0v) is 11.2. The molecule has 1 heterocycles. The van der Waals surface area contributed by atoms with Crippen LogP contribution in [0.4, 0.5) is 5.69 Å². The Morgan fingerprint density at radius 2 is 1.88 bits per heavy atom. The summed E-state index contributed by atoms with van der Waals surface area (Å²) >= 11 is 2.12. The summed E-state index contributed by atoms with van der Waals surface area (Å²) in [7, 11) is 1.55. The predicted molar refractivity (Wildman–Crippen MR) is 72.2 cm³/mol. The molecule has 2 N–H and O–H groups in total. The summed E-state index contributed by atoms with van der Waals surface area (Å²) in [6.45, 7) is 0. The van der Waals surface area contributed by atoms with E-state index in [1.807, 2.05) is 0 Å². The molecule has 0 fully saturated rings. The highest BCUT2D eigenvalue weighted by atomic mass is 127. The van der Waals surface area contributed by atoms with E-state index < -0.39 is 0 Å². The molecule has 2 aromatic rings. The minimum Gasteiger partial charge on any atom is -0.493 e. The number of nitrogen functional groups attached to an aromatic ring is 1. The van der Waals surface area contributed by atoms with Crippen molar-refractivity contribution in [2.24, 2.45) is 0 Å². The van der Waals surface area contributed by atoms with Crippen molar-refractivity contribution in [3.8, 4) is 17.5 Å². The van der Waals surface area contributed by atoms with E-state index in [1.165, 1.54) is 0 Å². The fourth-order valence-corrected chi connectivity index (χ4v) is 1.50. The zero-order chi connectivity index (χ0) is 12.3. The summed E-state index contributed by atoms with van der Waals surface area (Å²) in [6.07, 6.45) is 3.35. The number of nitrogens with two attached hydrogens (primary N) is 1. The first-order valence-electron chi connectivity index (χ1n) is 4.78. The zero-order valence-electron chi connectivity index (χ0n) is 9.05. The van der Waals surface area contributed by atoms with Crippen LogP contribution in [0.5, 0.6) is 17.5 Å². The second-order valence-corrected chi connectivity index (χ2v) is 4.44. The molecule has 0 saturated heterocycles. The van der Waals surface area contributed by atoms with Crippen LogP contribution in [0.2, 0.25) is 0 Å². The number of nitrogens with zero attached hydrogens (tertiary/aromatic N) is 2. The van der Waals surface area contributed by atoms with Crippen LogP contribution in [0.25, 0.3) is 0 Å². The number of ether oxygens (including phenoxy) is 2. The lowest BCUT2D eigenvalue weighted by Gasteiger charge is -2.09. The molecule has 6 heteroatoms. The molecule has 0 spiro atoms. The predicted octanol–water partition coefficient (Wildman–Crippen LogP) is 2.46. The average molecular weight is 343 g/mol. The third-order valence-corrected chi connectivity index (χ3v) is 2.54. The maximum absolute atomic E-state index is 5.65. The van der Waals surface area contributed by atoms with Crippen molar-refractivity contribution in [1.29, 1.82) is 0 Å². The summed E-state index contributed by atoms with van der Waals surface area (Å²) in [4.78, 5) is 8.09. The number of halogens is 1. The molecule has 0 aliphatic heterocycles. The molecular weight excluding hydrogens is 333 g/mol. The molecule has 0 saturated carbocycles. The lowest BCUT2D eigenvalue weighted by molar-refractivity contribution is 0.368. The maximum Gasteiger partial charge on any atom is 0.322 e. The molecule has 17 heavy (non-hydrogen) atoms. The van der Waals surface area contributed by atoms with E-state index >= 15 is 0 Å². The standard InChI is InChI=1S/C11H10IN3O2/c1-16-10-4-8(13)2-3-9(10)17-11-14-5-7(12)6-15-11/h2-6H,13H2,1H3. The normalized spacial score (nSPS) is 10.0.